The lowest BCUT2D eigenvalue weighted by Gasteiger charge is -2.28. The number of halogens is 1. The number of carbonyl (C=O) groups is 2. The first-order chi connectivity index (χ1) is 16.0. The third-order valence-electron chi connectivity index (χ3n) is 6.78. The summed E-state index contributed by atoms with van der Waals surface area (Å²) in [6, 6.07) is 5.37. The molecule has 0 bridgehead atoms. The van der Waals surface area contributed by atoms with E-state index < -0.39 is 0 Å². The van der Waals surface area contributed by atoms with Crippen LogP contribution in [-0.2, 0) is 16.0 Å². The van der Waals surface area contributed by atoms with Crippen LogP contribution in [0.3, 0.4) is 0 Å². The van der Waals surface area contributed by atoms with Crippen LogP contribution in [0.25, 0.3) is 11.6 Å². The second-order valence-electron chi connectivity index (χ2n) is 8.92. The molecule has 3 aliphatic rings. The molecular weight excluding hydrogens is 440 g/mol. The number of anilines is 1. The fraction of sp³-hybridized carbons (Fsp3) is 0.440. The highest BCUT2D eigenvalue weighted by Crippen LogP contribution is 2.36. The van der Waals surface area contributed by atoms with Gasteiger partial charge in [0.15, 0.2) is 0 Å². The largest absolute Gasteiger partial charge is 0.379 e. The van der Waals surface area contributed by atoms with Gasteiger partial charge < -0.3 is 19.9 Å². The molecule has 0 unspecified atom stereocenters. The summed E-state index contributed by atoms with van der Waals surface area (Å²) in [6.45, 7) is 8.00. The van der Waals surface area contributed by atoms with Gasteiger partial charge in [-0.3, -0.25) is 14.5 Å². The zero-order valence-electron chi connectivity index (χ0n) is 18.9. The maximum absolute atomic E-state index is 13.5. The van der Waals surface area contributed by atoms with E-state index in [0.29, 0.717) is 10.6 Å². The molecule has 7 nitrogen and oxygen atoms in total. The highest BCUT2D eigenvalue weighted by Gasteiger charge is 2.29. The summed E-state index contributed by atoms with van der Waals surface area (Å²) in [5.74, 6) is -0.0743. The first-order valence-electron chi connectivity index (χ1n) is 11.6. The number of aromatic nitrogens is 1. The number of ether oxygens (including phenoxy) is 1. The number of H-pyrrole nitrogens is 1. The van der Waals surface area contributed by atoms with Gasteiger partial charge in [0.2, 0.25) is 0 Å². The van der Waals surface area contributed by atoms with E-state index in [1.807, 2.05) is 24.0 Å². The minimum Gasteiger partial charge on any atom is -0.379 e. The number of hydrogen-bond acceptors (Lipinski definition) is 4. The zero-order valence-corrected chi connectivity index (χ0v) is 19.6. The number of aromatic amines is 1. The van der Waals surface area contributed by atoms with E-state index in [1.54, 1.807) is 12.1 Å². The number of hydrogen-bond donors (Lipinski definition) is 2. The van der Waals surface area contributed by atoms with Crippen molar-refractivity contribution in [2.24, 2.45) is 0 Å². The van der Waals surface area contributed by atoms with Gasteiger partial charge in [0, 0.05) is 60.4 Å². The number of nitrogens with one attached hydrogen (secondary N) is 2. The molecule has 1 saturated heterocycles. The average molecular weight is 469 g/mol. The van der Waals surface area contributed by atoms with Gasteiger partial charge in [-0.05, 0) is 56.0 Å². The van der Waals surface area contributed by atoms with E-state index >= 15 is 0 Å². The SMILES string of the molecule is Cc1c(/C=C2\C(=O)Nc3ccc(Cl)cc32)[nH]c2c1C(=O)N(CCCN1CCOCC1)CCC2. The molecule has 5 rings (SSSR count). The number of morpholine rings is 1. The second-order valence-corrected chi connectivity index (χ2v) is 9.36. The number of aryl methyl sites for hydroxylation is 1. The van der Waals surface area contributed by atoms with Gasteiger partial charge in [-0.2, -0.15) is 0 Å². The van der Waals surface area contributed by atoms with E-state index in [9.17, 15) is 9.59 Å². The van der Waals surface area contributed by atoms with Gasteiger partial charge in [-0.25, -0.2) is 0 Å². The summed E-state index contributed by atoms with van der Waals surface area (Å²) in [6.07, 6.45) is 4.54. The van der Waals surface area contributed by atoms with Crippen LogP contribution in [0.1, 0.15) is 45.7 Å². The van der Waals surface area contributed by atoms with Crippen LogP contribution in [0.15, 0.2) is 18.2 Å². The molecule has 8 heteroatoms. The third kappa shape index (κ3) is 4.45. The summed E-state index contributed by atoms with van der Waals surface area (Å²) in [4.78, 5) is 33.9. The van der Waals surface area contributed by atoms with Crippen LogP contribution in [-0.4, -0.2) is 72.5 Å². The lowest BCUT2D eigenvalue weighted by atomic mass is 10.0. The molecular formula is C25H29ClN4O3. The minimum absolute atomic E-state index is 0.0854. The number of fused-ring (bicyclic) bond motifs is 2. The lowest BCUT2D eigenvalue weighted by Crippen LogP contribution is -2.39. The molecule has 33 heavy (non-hydrogen) atoms. The van der Waals surface area contributed by atoms with Gasteiger partial charge in [-0.1, -0.05) is 11.6 Å². The standard InChI is InChI=1S/C25H29ClN4O3/c1-16-22(15-19-18-14-17(26)5-6-20(18)28-24(19)31)27-21-4-2-8-30(25(32)23(16)21)9-3-7-29-10-12-33-13-11-29/h5-6,14-15,27H,2-4,7-13H2,1H3,(H,28,31)/b19-15-. The molecule has 0 saturated carbocycles. The Morgan fingerprint density at radius 3 is 2.79 bits per heavy atom. The fourth-order valence-corrected chi connectivity index (χ4v) is 5.15. The molecule has 1 aromatic heterocycles. The van der Waals surface area contributed by atoms with Crippen LogP contribution in [0.4, 0.5) is 5.69 Å². The fourth-order valence-electron chi connectivity index (χ4n) is 4.98. The number of nitrogens with zero attached hydrogens (tertiary/aromatic N) is 2. The minimum atomic E-state index is -0.160. The summed E-state index contributed by atoms with van der Waals surface area (Å²) < 4.78 is 5.42. The molecule has 0 aliphatic carbocycles. The van der Waals surface area contributed by atoms with Gasteiger partial charge in [0.05, 0.1) is 24.4 Å². The van der Waals surface area contributed by atoms with E-state index in [0.717, 1.165) is 99.0 Å². The molecule has 2 N–H and O–H groups in total. The third-order valence-corrected chi connectivity index (χ3v) is 7.02. The zero-order chi connectivity index (χ0) is 22.9. The molecule has 2 aromatic rings. The topological polar surface area (TPSA) is 77.7 Å². The summed E-state index contributed by atoms with van der Waals surface area (Å²) in [7, 11) is 0. The first-order valence-corrected chi connectivity index (χ1v) is 12.0. The predicted molar refractivity (Wildman–Crippen MR) is 130 cm³/mol. The van der Waals surface area contributed by atoms with Crippen LogP contribution in [0, 0.1) is 6.92 Å². The van der Waals surface area contributed by atoms with Crippen molar-refractivity contribution in [3.63, 3.8) is 0 Å². The first kappa shape index (κ1) is 22.2. The number of benzene rings is 1. The summed E-state index contributed by atoms with van der Waals surface area (Å²) in [5.41, 5.74) is 5.52. The Hall–Kier alpha value is -2.61. The number of carbonyl (C=O) groups excluding carboxylic acids is 2. The Morgan fingerprint density at radius 1 is 1.15 bits per heavy atom. The van der Waals surface area contributed by atoms with Crippen molar-refractivity contribution in [1.29, 1.82) is 0 Å². The second kappa shape index (κ2) is 9.33. The maximum Gasteiger partial charge on any atom is 0.256 e. The van der Waals surface area contributed by atoms with Crippen molar-refractivity contribution in [2.45, 2.75) is 26.2 Å². The van der Waals surface area contributed by atoms with Gasteiger partial charge in [0.25, 0.3) is 11.8 Å². The Bertz CT molecular complexity index is 1120. The molecule has 1 aromatic carbocycles. The monoisotopic (exact) mass is 468 g/mol. The van der Waals surface area contributed by atoms with E-state index in [4.69, 9.17) is 16.3 Å². The molecule has 0 radical (unpaired) electrons. The van der Waals surface area contributed by atoms with E-state index in [2.05, 4.69) is 15.2 Å². The predicted octanol–water partition coefficient (Wildman–Crippen LogP) is 3.58. The molecule has 4 heterocycles. The summed E-state index contributed by atoms with van der Waals surface area (Å²) in [5, 5.41) is 3.47. The number of rotatable bonds is 5. The van der Waals surface area contributed by atoms with E-state index in [-0.39, 0.29) is 11.8 Å². The van der Waals surface area contributed by atoms with Crippen LogP contribution >= 0.6 is 11.6 Å². The van der Waals surface area contributed by atoms with Crippen LogP contribution in [0.2, 0.25) is 5.02 Å². The van der Waals surface area contributed by atoms with Gasteiger partial charge in [0.1, 0.15) is 0 Å². The quantitative estimate of drug-likeness (QED) is 0.657. The normalized spacial score (nSPS) is 20.1. The summed E-state index contributed by atoms with van der Waals surface area (Å²) >= 11 is 6.16. The van der Waals surface area contributed by atoms with Crippen LogP contribution in [0.5, 0.6) is 0 Å². The van der Waals surface area contributed by atoms with Crippen molar-refractivity contribution in [3.8, 4) is 0 Å². The molecule has 3 aliphatic heterocycles. The van der Waals surface area contributed by atoms with Crippen molar-refractivity contribution >= 4 is 40.8 Å². The van der Waals surface area contributed by atoms with E-state index in [1.165, 1.54) is 0 Å². The highest BCUT2D eigenvalue weighted by atomic mass is 35.5. The molecule has 0 spiro atoms. The Labute approximate surface area is 198 Å². The molecule has 1 fully saturated rings. The average Bonchev–Trinajstić information content (AvgIpc) is 3.22. The Kier molecular flexibility index (Phi) is 6.27. The number of amides is 2. The van der Waals surface area contributed by atoms with Crippen molar-refractivity contribution < 1.29 is 14.3 Å². The lowest BCUT2D eigenvalue weighted by molar-refractivity contribution is -0.110. The van der Waals surface area contributed by atoms with Gasteiger partial charge in [-0.15, -0.1) is 0 Å². The van der Waals surface area contributed by atoms with Crippen molar-refractivity contribution in [3.05, 3.63) is 51.3 Å². The van der Waals surface area contributed by atoms with Crippen molar-refractivity contribution in [1.82, 2.24) is 14.8 Å². The molecule has 0 atom stereocenters. The Morgan fingerprint density at radius 2 is 1.97 bits per heavy atom. The smallest absolute Gasteiger partial charge is 0.256 e. The van der Waals surface area contributed by atoms with Crippen molar-refractivity contribution in [2.75, 3.05) is 51.3 Å². The molecule has 174 valence electrons. The van der Waals surface area contributed by atoms with Crippen LogP contribution < -0.4 is 5.32 Å². The Balaban J connectivity index is 1.36. The maximum atomic E-state index is 13.5. The molecule has 2 amide bonds. The van der Waals surface area contributed by atoms with Gasteiger partial charge >= 0.3 is 0 Å². The highest BCUT2D eigenvalue weighted by molar-refractivity contribution is 6.36.